The maximum atomic E-state index is 12.3. The third-order valence-electron chi connectivity index (χ3n) is 3.15. The molecule has 0 heterocycles. The van der Waals surface area contributed by atoms with Crippen molar-refractivity contribution in [3.8, 4) is 5.75 Å². The Hall–Kier alpha value is -1.71. The predicted octanol–water partition coefficient (Wildman–Crippen LogP) is 2.40. The quantitative estimate of drug-likeness (QED) is 0.816. The molecule has 2 N–H and O–H groups in total. The van der Waals surface area contributed by atoms with Crippen LogP contribution in [0.15, 0.2) is 18.2 Å². The van der Waals surface area contributed by atoms with Crippen LogP contribution in [-0.4, -0.2) is 31.5 Å². The minimum Gasteiger partial charge on any atom is -0.495 e. The average Bonchev–Trinajstić information content (AvgIpc) is 2.38. The van der Waals surface area contributed by atoms with E-state index in [2.05, 4.69) is 13.8 Å². The van der Waals surface area contributed by atoms with E-state index >= 15 is 0 Å². The van der Waals surface area contributed by atoms with E-state index in [4.69, 9.17) is 10.5 Å². The van der Waals surface area contributed by atoms with E-state index in [1.165, 1.54) is 0 Å². The van der Waals surface area contributed by atoms with Gasteiger partial charge >= 0.3 is 0 Å². The van der Waals surface area contributed by atoms with Gasteiger partial charge in [0.15, 0.2) is 0 Å². The number of hydrogen-bond acceptors (Lipinski definition) is 3. The summed E-state index contributed by atoms with van der Waals surface area (Å²) < 4.78 is 5.12. The molecule has 4 heteroatoms. The Balaban J connectivity index is 2.90. The number of ether oxygens (including phenoxy) is 1. The van der Waals surface area contributed by atoms with Crippen molar-refractivity contribution in [1.82, 2.24) is 4.90 Å². The highest BCUT2D eigenvalue weighted by Gasteiger charge is 2.18. The molecule has 1 unspecified atom stereocenters. The molecule has 0 radical (unpaired) electrons. The van der Waals surface area contributed by atoms with Gasteiger partial charge in [-0.25, -0.2) is 0 Å². The monoisotopic (exact) mass is 250 g/mol. The van der Waals surface area contributed by atoms with Crippen LogP contribution in [0.3, 0.4) is 0 Å². The third-order valence-corrected chi connectivity index (χ3v) is 3.15. The lowest BCUT2D eigenvalue weighted by atomic mass is 10.1. The smallest absolute Gasteiger partial charge is 0.255 e. The van der Waals surface area contributed by atoms with E-state index in [0.717, 1.165) is 13.0 Å². The first-order valence-corrected chi connectivity index (χ1v) is 6.19. The first kappa shape index (κ1) is 14.4. The van der Waals surface area contributed by atoms with Gasteiger partial charge in [-0.2, -0.15) is 0 Å². The molecule has 1 atom stereocenters. The standard InChI is InChI=1S/C14H22N2O2/c1-5-10(2)9-16(3)14(17)11-7-6-8-12(18-4)13(11)15/h6-8,10H,5,9,15H2,1-4H3. The third kappa shape index (κ3) is 3.15. The van der Waals surface area contributed by atoms with Crippen LogP contribution in [0.2, 0.25) is 0 Å². The number of hydrogen-bond donors (Lipinski definition) is 1. The van der Waals surface area contributed by atoms with E-state index in [-0.39, 0.29) is 5.91 Å². The normalized spacial score (nSPS) is 12.0. The van der Waals surface area contributed by atoms with Crippen LogP contribution in [0.5, 0.6) is 5.75 Å². The highest BCUT2D eigenvalue weighted by Crippen LogP contribution is 2.25. The fraction of sp³-hybridized carbons (Fsp3) is 0.500. The van der Waals surface area contributed by atoms with Crippen molar-refractivity contribution >= 4 is 11.6 Å². The number of carbonyl (C=O) groups excluding carboxylic acids is 1. The van der Waals surface area contributed by atoms with Crippen LogP contribution in [0.1, 0.15) is 30.6 Å². The van der Waals surface area contributed by atoms with Gasteiger partial charge in [-0.3, -0.25) is 4.79 Å². The zero-order chi connectivity index (χ0) is 13.7. The number of nitrogens with zero attached hydrogens (tertiary/aromatic N) is 1. The molecule has 0 saturated carbocycles. The van der Waals surface area contributed by atoms with Gasteiger partial charge in [0.2, 0.25) is 0 Å². The van der Waals surface area contributed by atoms with E-state index in [0.29, 0.717) is 22.9 Å². The van der Waals surface area contributed by atoms with Crippen LogP contribution < -0.4 is 10.5 Å². The van der Waals surface area contributed by atoms with Gasteiger partial charge in [0.25, 0.3) is 5.91 Å². The first-order valence-electron chi connectivity index (χ1n) is 6.19. The summed E-state index contributed by atoms with van der Waals surface area (Å²) >= 11 is 0. The van der Waals surface area contributed by atoms with Gasteiger partial charge in [-0.15, -0.1) is 0 Å². The van der Waals surface area contributed by atoms with Gasteiger partial charge < -0.3 is 15.4 Å². The van der Waals surface area contributed by atoms with Crippen molar-refractivity contribution < 1.29 is 9.53 Å². The summed E-state index contributed by atoms with van der Waals surface area (Å²) in [5.41, 5.74) is 6.83. The molecule has 0 bridgehead atoms. The maximum Gasteiger partial charge on any atom is 0.255 e. The minimum atomic E-state index is -0.0632. The van der Waals surface area contributed by atoms with Crippen molar-refractivity contribution in [2.45, 2.75) is 20.3 Å². The number of benzene rings is 1. The molecule has 0 aliphatic heterocycles. The summed E-state index contributed by atoms with van der Waals surface area (Å²) in [6, 6.07) is 5.26. The van der Waals surface area contributed by atoms with Gasteiger partial charge in [0.05, 0.1) is 18.4 Å². The van der Waals surface area contributed by atoms with Gasteiger partial charge in [0, 0.05) is 13.6 Å². The summed E-state index contributed by atoms with van der Waals surface area (Å²) in [6.07, 6.45) is 1.05. The maximum absolute atomic E-state index is 12.3. The lowest BCUT2D eigenvalue weighted by molar-refractivity contribution is 0.0775. The molecule has 0 saturated heterocycles. The summed E-state index contributed by atoms with van der Waals surface area (Å²) in [5, 5.41) is 0. The van der Waals surface area contributed by atoms with Crippen molar-refractivity contribution in [2.75, 3.05) is 26.4 Å². The predicted molar refractivity (Wildman–Crippen MR) is 73.8 cm³/mol. The molecular weight excluding hydrogens is 228 g/mol. The Morgan fingerprint density at radius 3 is 2.72 bits per heavy atom. The fourth-order valence-electron chi connectivity index (χ4n) is 1.79. The van der Waals surface area contributed by atoms with Crippen molar-refractivity contribution in [1.29, 1.82) is 0 Å². The minimum absolute atomic E-state index is 0.0632. The molecule has 4 nitrogen and oxygen atoms in total. The fourth-order valence-corrected chi connectivity index (χ4v) is 1.79. The Morgan fingerprint density at radius 1 is 1.50 bits per heavy atom. The molecule has 100 valence electrons. The Morgan fingerprint density at radius 2 is 2.17 bits per heavy atom. The van der Waals surface area contributed by atoms with Crippen molar-refractivity contribution in [3.05, 3.63) is 23.8 Å². The lowest BCUT2D eigenvalue weighted by Gasteiger charge is -2.22. The van der Waals surface area contributed by atoms with E-state index < -0.39 is 0 Å². The number of methoxy groups -OCH3 is 1. The van der Waals surface area contributed by atoms with Crippen LogP contribution in [0.4, 0.5) is 5.69 Å². The molecule has 1 rings (SSSR count). The molecule has 0 fully saturated rings. The van der Waals surface area contributed by atoms with E-state index in [9.17, 15) is 4.79 Å². The zero-order valence-corrected chi connectivity index (χ0v) is 11.6. The van der Waals surface area contributed by atoms with Crippen molar-refractivity contribution in [2.24, 2.45) is 5.92 Å². The number of carbonyl (C=O) groups is 1. The number of para-hydroxylation sites is 1. The number of nitrogens with two attached hydrogens (primary N) is 1. The largest absolute Gasteiger partial charge is 0.495 e. The van der Waals surface area contributed by atoms with Crippen molar-refractivity contribution in [3.63, 3.8) is 0 Å². The van der Waals surface area contributed by atoms with Gasteiger partial charge in [-0.1, -0.05) is 26.3 Å². The van der Waals surface area contributed by atoms with Crippen LogP contribution >= 0.6 is 0 Å². The molecule has 0 aliphatic rings. The van der Waals surface area contributed by atoms with Crippen LogP contribution in [-0.2, 0) is 0 Å². The molecule has 18 heavy (non-hydrogen) atoms. The first-order chi connectivity index (χ1) is 8.51. The Kier molecular flexibility index (Phi) is 5.01. The lowest BCUT2D eigenvalue weighted by Crippen LogP contribution is -2.31. The zero-order valence-electron chi connectivity index (χ0n) is 11.6. The molecule has 0 spiro atoms. The Labute approximate surface area is 109 Å². The molecular formula is C14H22N2O2. The number of nitrogen functional groups attached to an aromatic ring is 1. The second kappa shape index (κ2) is 6.28. The number of anilines is 1. The van der Waals surface area contributed by atoms with Crippen LogP contribution in [0.25, 0.3) is 0 Å². The highest BCUT2D eigenvalue weighted by atomic mass is 16.5. The molecule has 0 aromatic heterocycles. The summed E-state index contributed by atoms with van der Waals surface area (Å²) in [7, 11) is 3.34. The van der Waals surface area contributed by atoms with E-state index in [1.807, 2.05) is 0 Å². The molecule has 0 aliphatic carbocycles. The molecule has 1 aromatic rings. The SMILES string of the molecule is CCC(C)CN(C)C(=O)c1cccc(OC)c1N. The van der Waals surface area contributed by atoms with E-state index in [1.54, 1.807) is 37.3 Å². The molecule has 1 amide bonds. The highest BCUT2D eigenvalue weighted by molar-refractivity contribution is 6.00. The topological polar surface area (TPSA) is 55.6 Å². The molecule has 1 aromatic carbocycles. The summed E-state index contributed by atoms with van der Waals surface area (Å²) in [4.78, 5) is 14.0. The van der Waals surface area contributed by atoms with Crippen LogP contribution in [0, 0.1) is 5.92 Å². The number of amides is 1. The van der Waals surface area contributed by atoms with Gasteiger partial charge in [0.1, 0.15) is 5.75 Å². The average molecular weight is 250 g/mol. The second-order valence-corrected chi connectivity index (χ2v) is 4.62. The number of rotatable bonds is 5. The second-order valence-electron chi connectivity index (χ2n) is 4.62. The summed E-state index contributed by atoms with van der Waals surface area (Å²) in [5.74, 6) is 0.954. The van der Waals surface area contributed by atoms with Gasteiger partial charge in [-0.05, 0) is 18.1 Å². The Bertz CT molecular complexity index is 418. The summed E-state index contributed by atoms with van der Waals surface area (Å²) in [6.45, 7) is 4.97.